The van der Waals surface area contributed by atoms with Crippen LogP contribution in [0.25, 0.3) is 43.4 Å². The number of benzene rings is 6. The lowest BCUT2D eigenvalue weighted by Crippen LogP contribution is -2.13. The first-order valence-corrected chi connectivity index (χ1v) is 12.5. The Kier molecular flexibility index (Phi) is 4.10. The summed E-state index contributed by atoms with van der Waals surface area (Å²) in [7, 11) is 0. The van der Waals surface area contributed by atoms with Crippen LogP contribution in [0.5, 0.6) is 28.7 Å². The van der Waals surface area contributed by atoms with E-state index in [1.165, 1.54) is 0 Å². The highest BCUT2D eigenvalue weighted by atomic mass is 16.5. The highest BCUT2D eigenvalue weighted by molar-refractivity contribution is 6.10. The van der Waals surface area contributed by atoms with Gasteiger partial charge in [-0.2, -0.15) is 0 Å². The Hall–Kier alpha value is -5.16. The van der Waals surface area contributed by atoms with E-state index in [0.29, 0.717) is 11.5 Å². The van der Waals surface area contributed by atoms with Gasteiger partial charge in [0.2, 0.25) is 0 Å². The number of ether oxygens (including phenoxy) is 1. The second kappa shape index (κ2) is 7.43. The molecule has 38 heavy (non-hydrogen) atoms. The average molecular weight is 496 g/mol. The lowest BCUT2D eigenvalue weighted by Gasteiger charge is -2.31. The normalized spacial score (nSPS) is 13.2. The number of phenols is 3. The summed E-state index contributed by atoms with van der Waals surface area (Å²) in [5.74, 6) is 1.56. The van der Waals surface area contributed by atoms with Gasteiger partial charge in [-0.25, -0.2) is 0 Å². The Balaban J connectivity index is 1.57. The van der Waals surface area contributed by atoms with Gasteiger partial charge in [-0.15, -0.1) is 0 Å². The van der Waals surface area contributed by atoms with E-state index >= 15 is 0 Å². The Morgan fingerprint density at radius 1 is 0.553 bits per heavy atom. The number of phenolic OH excluding ortho intramolecular Hbond substituents is 3. The number of hydrogen-bond acceptors (Lipinski definition) is 4. The minimum Gasteiger partial charge on any atom is -0.508 e. The number of H-pyrrole nitrogens is 1. The van der Waals surface area contributed by atoms with E-state index in [9.17, 15) is 15.3 Å². The molecule has 0 fully saturated rings. The van der Waals surface area contributed by atoms with Crippen LogP contribution in [0.4, 0.5) is 0 Å². The van der Waals surface area contributed by atoms with Crippen molar-refractivity contribution in [2.75, 3.05) is 0 Å². The molecule has 5 nitrogen and oxygen atoms in total. The number of hydrogen-bond donors (Lipinski definition) is 4. The second-order valence-electron chi connectivity index (χ2n) is 9.89. The van der Waals surface area contributed by atoms with Crippen molar-refractivity contribution >= 4 is 43.4 Å². The SMILES string of the molecule is Oc1ccc2c3c(ccc2c1)Oc1ccc2cc(O)ccc2c1C3c1c(O)ccc2c1[nH]c1ccccc12. The molecule has 0 bridgehead atoms. The predicted molar refractivity (Wildman–Crippen MR) is 150 cm³/mol. The van der Waals surface area contributed by atoms with Crippen molar-refractivity contribution < 1.29 is 20.1 Å². The Morgan fingerprint density at radius 3 is 1.82 bits per heavy atom. The number of rotatable bonds is 1. The van der Waals surface area contributed by atoms with Gasteiger partial charge in [-0.3, -0.25) is 0 Å². The third-order valence-corrected chi connectivity index (χ3v) is 7.80. The molecule has 0 spiro atoms. The largest absolute Gasteiger partial charge is 0.508 e. The monoisotopic (exact) mass is 495 g/mol. The summed E-state index contributed by atoms with van der Waals surface area (Å²) < 4.78 is 6.50. The molecule has 182 valence electrons. The maximum Gasteiger partial charge on any atom is 0.132 e. The Morgan fingerprint density at radius 2 is 1.16 bits per heavy atom. The fourth-order valence-corrected chi connectivity index (χ4v) is 6.19. The number of fused-ring (bicyclic) bond motifs is 9. The molecule has 7 aromatic rings. The molecule has 1 aromatic heterocycles. The zero-order valence-electron chi connectivity index (χ0n) is 20.1. The number of aromatic nitrogens is 1. The first-order valence-electron chi connectivity index (χ1n) is 12.5. The van der Waals surface area contributed by atoms with Crippen LogP contribution in [0.1, 0.15) is 22.6 Å². The molecule has 0 radical (unpaired) electrons. The first kappa shape index (κ1) is 21.0. The van der Waals surface area contributed by atoms with Crippen molar-refractivity contribution in [3.05, 3.63) is 114 Å². The van der Waals surface area contributed by atoms with Gasteiger partial charge in [-0.05, 0) is 76.1 Å². The molecule has 1 aliphatic rings. The zero-order valence-corrected chi connectivity index (χ0v) is 20.1. The minimum absolute atomic E-state index is 0.180. The molecule has 0 amide bonds. The summed E-state index contributed by atoms with van der Waals surface area (Å²) in [5, 5.41) is 37.7. The van der Waals surface area contributed by atoms with E-state index in [-0.39, 0.29) is 17.2 Å². The van der Waals surface area contributed by atoms with Crippen LogP contribution in [0.15, 0.2) is 97.1 Å². The fourth-order valence-electron chi connectivity index (χ4n) is 6.19. The van der Waals surface area contributed by atoms with Gasteiger partial charge in [0.15, 0.2) is 0 Å². The molecule has 4 N–H and O–H groups in total. The van der Waals surface area contributed by atoms with Gasteiger partial charge in [0.05, 0.1) is 5.52 Å². The molecule has 0 saturated carbocycles. The summed E-state index contributed by atoms with van der Waals surface area (Å²) in [6.45, 7) is 0. The predicted octanol–water partition coefficient (Wildman–Crippen LogP) is 8.03. The Bertz CT molecular complexity index is 2020. The standard InChI is InChI=1S/C33H21NO4/c35-19-7-9-21-17(15-19)5-13-27-29(21)32(30-22-10-8-20(36)16-18(22)6-14-28(30)38-27)31-26(37)12-11-24-23-3-1-2-4-25(23)34-33(24)31/h1-16,32,34-37H. The molecule has 0 aliphatic carbocycles. The van der Waals surface area contributed by atoms with E-state index in [2.05, 4.69) is 11.1 Å². The maximum atomic E-state index is 11.5. The lowest BCUT2D eigenvalue weighted by atomic mass is 9.77. The summed E-state index contributed by atoms with van der Waals surface area (Å²) in [6.07, 6.45) is 0. The lowest BCUT2D eigenvalue weighted by molar-refractivity contribution is 0.446. The number of aromatic amines is 1. The van der Waals surface area contributed by atoms with Crippen molar-refractivity contribution in [2.24, 2.45) is 0 Å². The second-order valence-corrected chi connectivity index (χ2v) is 9.89. The molecule has 5 heteroatoms. The topological polar surface area (TPSA) is 85.7 Å². The van der Waals surface area contributed by atoms with Gasteiger partial charge in [0.1, 0.15) is 28.7 Å². The van der Waals surface area contributed by atoms with Crippen molar-refractivity contribution in [3.63, 3.8) is 0 Å². The van der Waals surface area contributed by atoms with Gasteiger partial charge >= 0.3 is 0 Å². The van der Waals surface area contributed by atoms with Gasteiger partial charge in [0.25, 0.3) is 0 Å². The first-order chi connectivity index (χ1) is 18.6. The molecular formula is C33H21NO4. The van der Waals surface area contributed by atoms with Crippen LogP contribution < -0.4 is 4.74 Å². The quantitative estimate of drug-likeness (QED) is 0.186. The molecule has 0 unspecified atom stereocenters. The van der Waals surface area contributed by atoms with Crippen molar-refractivity contribution in [2.45, 2.75) is 5.92 Å². The van der Waals surface area contributed by atoms with Crippen molar-refractivity contribution in [1.82, 2.24) is 4.98 Å². The van der Waals surface area contributed by atoms with Crippen LogP contribution in [-0.4, -0.2) is 20.3 Å². The smallest absolute Gasteiger partial charge is 0.132 e. The fraction of sp³-hybridized carbons (Fsp3) is 0.0303. The number of aromatic hydroxyl groups is 3. The molecule has 2 heterocycles. The third-order valence-electron chi connectivity index (χ3n) is 7.80. The third kappa shape index (κ3) is 2.81. The summed E-state index contributed by atoms with van der Waals surface area (Å²) in [6, 6.07) is 30.3. The van der Waals surface area contributed by atoms with E-state index in [0.717, 1.165) is 60.0 Å². The minimum atomic E-state index is -0.396. The van der Waals surface area contributed by atoms with Crippen LogP contribution in [0.2, 0.25) is 0 Å². The van der Waals surface area contributed by atoms with Gasteiger partial charge in [-0.1, -0.05) is 42.5 Å². The van der Waals surface area contributed by atoms with Crippen LogP contribution in [0, 0.1) is 0 Å². The highest BCUT2D eigenvalue weighted by Gasteiger charge is 2.35. The number of nitrogens with one attached hydrogen (secondary N) is 1. The zero-order chi connectivity index (χ0) is 25.5. The van der Waals surface area contributed by atoms with Crippen LogP contribution in [-0.2, 0) is 0 Å². The molecular weight excluding hydrogens is 474 g/mol. The summed E-state index contributed by atoms with van der Waals surface area (Å²) in [5.41, 5.74) is 4.44. The number of para-hydroxylation sites is 1. The Labute approximate surface area is 216 Å². The van der Waals surface area contributed by atoms with Crippen LogP contribution >= 0.6 is 0 Å². The summed E-state index contributed by atoms with van der Waals surface area (Å²) >= 11 is 0. The van der Waals surface area contributed by atoms with Crippen molar-refractivity contribution in [3.8, 4) is 28.7 Å². The molecule has 0 saturated heterocycles. The average Bonchev–Trinajstić information content (AvgIpc) is 3.30. The summed E-state index contributed by atoms with van der Waals surface area (Å²) in [4.78, 5) is 3.58. The van der Waals surface area contributed by atoms with E-state index in [1.807, 2.05) is 60.7 Å². The van der Waals surface area contributed by atoms with E-state index in [4.69, 9.17) is 4.74 Å². The molecule has 1 aliphatic heterocycles. The van der Waals surface area contributed by atoms with Gasteiger partial charge < -0.3 is 25.0 Å². The highest BCUT2D eigenvalue weighted by Crippen LogP contribution is 2.55. The maximum absolute atomic E-state index is 11.5. The molecule has 0 atom stereocenters. The molecule has 8 rings (SSSR count). The van der Waals surface area contributed by atoms with E-state index < -0.39 is 5.92 Å². The van der Waals surface area contributed by atoms with Crippen molar-refractivity contribution in [1.29, 1.82) is 0 Å². The van der Waals surface area contributed by atoms with Crippen LogP contribution in [0.3, 0.4) is 0 Å². The van der Waals surface area contributed by atoms with E-state index in [1.54, 1.807) is 30.3 Å². The van der Waals surface area contributed by atoms with Gasteiger partial charge in [0, 0.05) is 38.9 Å². The molecule has 6 aromatic carbocycles.